The van der Waals surface area contributed by atoms with E-state index in [9.17, 15) is 4.79 Å². The van der Waals surface area contributed by atoms with Crippen LogP contribution in [0.15, 0.2) is 34.9 Å². The monoisotopic (exact) mass is 334 g/mol. The summed E-state index contributed by atoms with van der Waals surface area (Å²) < 4.78 is 4.82. The SMILES string of the molecule is CN1CCN(c2ccc(CNC(=O)c3cc(Cl)no3)cc2)CC1. The van der Waals surface area contributed by atoms with Crippen LogP contribution >= 0.6 is 11.6 Å². The Hall–Kier alpha value is -2.05. The number of amides is 1. The van der Waals surface area contributed by atoms with Crippen LogP contribution in [0.25, 0.3) is 0 Å². The minimum Gasteiger partial charge on any atom is -0.369 e. The molecule has 6 nitrogen and oxygen atoms in total. The number of benzene rings is 1. The molecule has 122 valence electrons. The van der Waals surface area contributed by atoms with Crippen LogP contribution < -0.4 is 10.2 Å². The van der Waals surface area contributed by atoms with E-state index >= 15 is 0 Å². The zero-order chi connectivity index (χ0) is 16.2. The van der Waals surface area contributed by atoms with E-state index in [1.165, 1.54) is 11.8 Å². The molecule has 1 amide bonds. The normalized spacial score (nSPS) is 15.7. The first-order valence-electron chi connectivity index (χ1n) is 7.54. The van der Waals surface area contributed by atoms with Crippen LogP contribution in [0, 0.1) is 0 Å². The lowest BCUT2D eigenvalue weighted by atomic mass is 10.1. The maximum absolute atomic E-state index is 11.9. The van der Waals surface area contributed by atoms with Crippen molar-refractivity contribution >= 4 is 23.2 Å². The van der Waals surface area contributed by atoms with E-state index in [1.807, 2.05) is 12.1 Å². The van der Waals surface area contributed by atoms with Gasteiger partial charge in [0.2, 0.25) is 5.76 Å². The lowest BCUT2D eigenvalue weighted by Crippen LogP contribution is -2.44. The van der Waals surface area contributed by atoms with E-state index in [1.54, 1.807) is 0 Å². The first kappa shape index (κ1) is 15.8. The molecular formula is C16H19ClN4O2. The summed E-state index contributed by atoms with van der Waals surface area (Å²) in [6, 6.07) is 9.65. The topological polar surface area (TPSA) is 61.6 Å². The van der Waals surface area contributed by atoms with Gasteiger partial charge in [0, 0.05) is 44.5 Å². The molecule has 1 aliphatic heterocycles. The van der Waals surface area contributed by atoms with Crippen molar-refractivity contribution in [1.29, 1.82) is 0 Å². The Morgan fingerprint density at radius 1 is 1.26 bits per heavy atom. The third kappa shape index (κ3) is 4.03. The number of nitrogens with one attached hydrogen (secondary N) is 1. The van der Waals surface area contributed by atoms with E-state index in [0.29, 0.717) is 6.54 Å². The number of carbonyl (C=O) groups excluding carboxylic acids is 1. The fraction of sp³-hybridized carbons (Fsp3) is 0.375. The number of nitrogens with zero attached hydrogens (tertiary/aromatic N) is 3. The van der Waals surface area contributed by atoms with Crippen LogP contribution in [0.5, 0.6) is 0 Å². The molecule has 1 aromatic carbocycles. The fourth-order valence-electron chi connectivity index (χ4n) is 2.52. The third-order valence-electron chi connectivity index (χ3n) is 3.96. The van der Waals surface area contributed by atoms with Crippen molar-refractivity contribution in [2.24, 2.45) is 0 Å². The molecule has 0 atom stereocenters. The van der Waals surface area contributed by atoms with Crippen LogP contribution in [-0.4, -0.2) is 49.2 Å². The predicted octanol–water partition coefficient (Wildman–Crippen LogP) is 2.01. The van der Waals surface area contributed by atoms with Crippen molar-refractivity contribution < 1.29 is 9.32 Å². The number of hydrogen-bond acceptors (Lipinski definition) is 5. The van der Waals surface area contributed by atoms with Crippen molar-refractivity contribution in [3.8, 4) is 0 Å². The highest BCUT2D eigenvalue weighted by Crippen LogP contribution is 2.17. The summed E-state index contributed by atoms with van der Waals surface area (Å²) >= 11 is 5.63. The summed E-state index contributed by atoms with van der Waals surface area (Å²) in [5.41, 5.74) is 2.25. The van der Waals surface area contributed by atoms with E-state index in [0.717, 1.165) is 31.7 Å². The summed E-state index contributed by atoms with van der Waals surface area (Å²) in [4.78, 5) is 16.6. The number of carbonyl (C=O) groups is 1. The zero-order valence-electron chi connectivity index (χ0n) is 13.0. The Morgan fingerprint density at radius 2 is 1.96 bits per heavy atom. The molecule has 0 saturated carbocycles. The highest BCUT2D eigenvalue weighted by atomic mass is 35.5. The summed E-state index contributed by atoms with van der Waals surface area (Å²) in [6.45, 7) is 4.67. The lowest BCUT2D eigenvalue weighted by Gasteiger charge is -2.34. The number of halogens is 1. The highest BCUT2D eigenvalue weighted by Gasteiger charge is 2.14. The van der Waals surface area contributed by atoms with Crippen molar-refractivity contribution in [3.63, 3.8) is 0 Å². The van der Waals surface area contributed by atoms with Gasteiger partial charge in [0.1, 0.15) is 0 Å². The second-order valence-electron chi connectivity index (χ2n) is 5.65. The average molecular weight is 335 g/mol. The lowest BCUT2D eigenvalue weighted by molar-refractivity contribution is 0.0914. The molecule has 7 heteroatoms. The molecular weight excluding hydrogens is 316 g/mol. The zero-order valence-corrected chi connectivity index (χ0v) is 13.7. The summed E-state index contributed by atoms with van der Waals surface area (Å²) in [7, 11) is 2.14. The quantitative estimate of drug-likeness (QED) is 0.926. The fourth-order valence-corrected chi connectivity index (χ4v) is 2.65. The van der Waals surface area contributed by atoms with Crippen molar-refractivity contribution in [2.45, 2.75) is 6.54 Å². The molecule has 2 aromatic rings. The number of anilines is 1. The molecule has 2 heterocycles. The summed E-state index contributed by atoms with van der Waals surface area (Å²) in [5.74, 6) is -0.211. The predicted molar refractivity (Wildman–Crippen MR) is 88.8 cm³/mol. The first-order valence-corrected chi connectivity index (χ1v) is 7.92. The van der Waals surface area contributed by atoms with E-state index in [2.05, 4.69) is 39.5 Å². The van der Waals surface area contributed by atoms with Crippen LogP contribution in [0.2, 0.25) is 5.15 Å². The Morgan fingerprint density at radius 3 is 2.57 bits per heavy atom. The molecule has 1 aromatic heterocycles. The summed E-state index contributed by atoms with van der Waals surface area (Å²) in [5, 5.41) is 6.44. The van der Waals surface area contributed by atoms with Gasteiger partial charge in [-0.05, 0) is 24.7 Å². The Labute approximate surface area is 140 Å². The Balaban J connectivity index is 1.54. The van der Waals surface area contributed by atoms with E-state index in [4.69, 9.17) is 16.1 Å². The first-order chi connectivity index (χ1) is 11.1. The van der Waals surface area contributed by atoms with Gasteiger partial charge in [-0.1, -0.05) is 28.9 Å². The molecule has 0 spiro atoms. The molecule has 1 aliphatic rings. The van der Waals surface area contributed by atoms with Gasteiger partial charge in [-0.2, -0.15) is 0 Å². The van der Waals surface area contributed by atoms with Gasteiger partial charge in [-0.3, -0.25) is 4.79 Å². The molecule has 0 aliphatic carbocycles. The maximum atomic E-state index is 11.9. The Kier molecular flexibility index (Phi) is 4.83. The molecule has 3 rings (SSSR count). The van der Waals surface area contributed by atoms with Gasteiger partial charge in [-0.25, -0.2) is 0 Å². The van der Waals surface area contributed by atoms with E-state index < -0.39 is 0 Å². The molecule has 1 fully saturated rings. The van der Waals surface area contributed by atoms with Gasteiger partial charge in [-0.15, -0.1) is 0 Å². The minimum absolute atomic E-state index is 0.115. The van der Waals surface area contributed by atoms with Crippen molar-refractivity contribution in [3.05, 3.63) is 46.8 Å². The van der Waals surface area contributed by atoms with Crippen LogP contribution in [0.1, 0.15) is 16.1 Å². The van der Waals surface area contributed by atoms with E-state index in [-0.39, 0.29) is 16.8 Å². The van der Waals surface area contributed by atoms with Gasteiger partial charge < -0.3 is 19.6 Å². The van der Waals surface area contributed by atoms with Crippen LogP contribution in [-0.2, 0) is 6.54 Å². The third-order valence-corrected chi connectivity index (χ3v) is 4.14. The molecule has 0 radical (unpaired) electrons. The molecule has 0 unspecified atom stereocenters. The second kappa shape index (κ2) is 7.02. The van der Waals surface area contributed by atoms with Gasteiger partial charge >= 0.3 is 0 Å². The number of piperazine rings is 1. The molecule has 0 bridgehead atoms. The van der Waals surface area contributed by atoms with Crippen molar-refractivity contribution in [2.75, 3.05) is 38.1 Å². The van der Waals surface area contributed by atoms with Crippen LogP contribution in [0.4, 0.5) is 5.69 Å². The summed E-state index contributed by atoms with van der Waals surface area (Å²) in [6.07, 6.45) is 0. The number of likely N-dealkylation sites (N-methyl/N-ethyl adjacent to an activating group) is 1. The Bertz CT molecular complexity index is 663. The second-order valence-corrected chi connectivity index (χ2v) is 6.04. The van der Waals surface area contributed by atoms with Gasteiger partial charge in [0.25, 0.3) is 5.91 Å². The molecule has 1 saturated heterocycles. The van der Waals surface area contributed by atoms with Crippen molar-refractivity contribution in [1.82, 2.24) is 15.4 Å². The highest BCUT2D eigenvalue weighted by molar-refractivity contribution is 6.29. The molecule has 1 N–H and O–H groups in total. The number of hydrogen-bond donors (Lipinski definition) is 1. The average Bonchev–Trinajstić information content (AvgIpc) is 3.00. The number of rotatable bonds is 4. The minimum atomic E-state index is -0.326. The molecule has 23 heavy (non-hydrogen) atoms. The van der Waals surface area contributed by atoms with Crippen LogP contribution in [0.3, 0.4) is 0 Å². The number of aromatic nitrogens is 1. The van der Waals surface area contributed by atoms with Gasteiger partial charge in [0.15, 0.2) is 5.15 Å². The maximum Gasteiger partial charge on any atom is 0.290 e. The largest absolute Gasteiger partial charge is 0.369 e. The standard InChI is InChI=1S/C16H19ClN4O2/c1-20-6-8-21(9-7-20)13-4-2-12(3-5-13)11-18-16(22)14-10-15(17)19-23-14/h2-5,10H,6-9,11H2,1H3,(H,18,22). The smallest absolute Gasteiger partial charge is 0.290 e. The van der Waals surface area contributed by atoms with Gasteiger partial charge in [0.05, 0.1) is 0 Å².